The van der Waals surface area contributed by atoms with Gasteiger partial charge in [-0.25, -0.2) is 0 Å². The summed E-state index contributed by atoms with van der Waals surface area (Å²) in [5.41, 5.74) is 5.47. The SMILES string of the molecule is CC(C)N1CCC1CCN. The zero-order valence-corrected chi connectivity index (χ0v) is 7.01. The average Bonchev–Trinajstić information content (AvgIpc) is 1.78. The van der Waals surface area contributed by atoms with Gasteiger partial charge in [-0.3, -0.25) is 4.90 Å². The molecular formula is C8H18N2. The van der Waals surface area contributed by atoms with Crippen molar-refractivity contribution < 1.29 is 0 Å². The summed E-state index contributed by atoms with van der Waals surface area (Å²) < 4.78 is 0. The van der Waals surface area contributed by atoms with Gasteiger partial charge in [0.05, 0.1) is 0 Å². The van der Waals surface area contributed by atoms with E-state index in [1.807, 2.05) is 0 Å². The zero-order chi connectivity index (χ0) is 7.56. The first kappa shape index (κ1) is 8.02. The lowest BCUT2D eigenvalue weighted by Gasteiger charge is -2.44. The second-order valence-corrected chi connectivity index (χ2v) is 3.35. The van der Waals surface area contributed by atoms with E-state index in [4.69, 9.17) is 5.73 Å². The predicted molar refractivity (Wildman–Crippen MR) is 43.9 cm³/mol. The van der Waals surface area contributed by atoms with Gasteiger partial charge in [0.2, 0.25) is 0 Å². The molecule has 1 aliphatic heterocycles. The molecule has 1 saturated heterocycles. The molecule has 0 aromatic rings. The van der Waals surface area contributed by atoms with Gasteiger partial charge in [-0.15, -0.1) is 0 Å². The van der Waals surface area contributed by atoms with E-state index in [1.165, 1.54) is 19.4 Å². The topological polar surface area (TPSA) is 29.3 Å². The van der Waals surface area contributed by atoms with Crippen LogP contribution in [-0.2, 0) is 0 Å². The maximum Gasteiger partial charge on any atom is 0.0122 e. The van der Waals surface area contributed by atoms with Crippen LogP contribution in [0.1, 0.15) is 26.7 Å². The molecule has 1 fully saturated rings. The van der Waals surface area contributed by atoms with Gasteiger partial charge in [-0.2, -0.15) is 0 Å². The molecule has 2 nitrogen and oxygen atoms in total. The molecule has 0 aromatic carbocycles. The third kappa shape index (κ3) is 1.50. The van der Waals surface area contributed by atoms with Crippen molar-refractivity contribution >= 4 is 0 Å². The normalized spacial score (nSPS) is 27.0. The van der Waals surface area contributed by atoms with Crippen LogP contribution >= 0.6 is 0 Å². The third-order valence-electron chi connectivity index (χ3n) is 2.35. The Hall–Kier alpha value is -0.0800. The summed E-state index contributed by atoms with van der Waals surface area (Å²) in [6, 6.07) is 1.51. The maximum atomic E-state index is 5.47. The van der Waals surface area contributed by atoms with Crippen molar-refractivity contribution in [3.8, 4) is 0 Å². The fraction of sp³-hybridized carbons (Fsp3) is 1.00. The Morgan fingerprint density at radius 2 is 2.30 bits per heavy atom. The van der Waals surface area contributed by atoms with E-state index in [0.717, 1.165) is 12.6 Å². The molecule has 2 N–H and O–H groups in total. The lowest BCUT2D eigenvalue weighted by molar-refractivity contribution is 0.0526. The number of nitrogens with two attached hydrogens (primary N) is 1. The highest BCUT2D eigenvalue weighted by molar-refractivity contribution is 4.84. The number of nitrogens with zero attached hydrogens (tertiary/aromatic N) is 1. The highest BCUT2D eigenvalue weighted by Crippen LogP contribution is 2.22. The third-order valence-corrected chi connectivity index (χ3v) is 2.35. The molecule has 1 heterocycles. The molecule has 0 aliphatic carbocycles. The summed E-state index contributed by atoms with van der Waals surface area (Å²) in [5.74, 6) is 0. The summed E-state index contributed by atoms with van der Waals surface area (Å²) in [6.45, 7) is 6.63. The van der Waals surface area contributed by atoms with E-state index < -0.39 is 0 Å². The van der Waals surface area contributed by atoms with E-state index in [1.54, 1.807) is 0 Å². The fourth-order valence-corrected chi connectivity index (χ4v) is 1.64. The Morgan fingerprint density at radius 1 is 1.60 bits per heavy atom. The van der Waals surface area contributed by atoms with Gasteiger partial charge in [-0.05, 0) is 33.2 Å². The molecule has 0 amide bonds. The zero-order valence-electron chi connectivity index (χ0n) is 7.01. The Balaban J connectivity index is 2.22. The molecule has 60 valence electrons. The van der Waals surface area contributed by atoms with Gasteiger partial charge in [0, 0.05) is 18.6 Å². The van der Waals surface area contributed by atoms with E-state index in [-0.39, 0.29) is 0 Å². The van der Waals surface area contributed by atoms with Gasteiger partial charge < -0.3 is 5.73 Å². The molecule has 0 radical (unpaired) electrons. The highest BCUT2D eigenvalue weighted by Gasteiger charge is 2.28. The van der Waals surface area contributed by atoms with Crippen molar-refractivity contribution in [1.29, 1.82) is 0 Å². The van der Waals surface area contributed by atoms with Crippen LogP contribution in [-0.4, -0.2) is 30.1 Å². The summed E-state index contributed by atoms with van der Waals surface area (Å²) in [6.07, 6.45) is 2.54. The number of hydrogen-bond donors (Lipinski definition) is 1. The summed E-state index contributed by atoms with van der Waals surface area (Å²) in [5, 5.41) is 0. The molecule has 0 spiro atoms. The van der Waals surface area contributed by atoms with Gasteiger partial charge in [-0.1, -0.05) is 0 Å². The smallest absolute Gasteiger partial charge is 0.0122 e. The van der Waals surface area contributed by atoms with Crippen molar-refractivity contribution in [3.63, 3.8) is 0 Å². The van der Waals surface area contributed by atoms with E-state index in [9.17, 15) is 0 Å². The van der Waals surface area contributed by atoms with Gasteiger partial charge in [0.25, 0.3) is 0 Å². The van der Waals surface area contributed by atoms with Gasteiger partial charge >= 0.3 is 0 Å². The summed E-state index contributed by atoms with van der Waals surface area (Å²) >= 11 is 0. The van der Waals surface area contributed by atoms with Crippen LogP contribution in [0.2, 0.25) is 0 Å². The monoisotopic (exact) mass is 142 g/mol. The molecule has 1 aliphatic rings. The molecule has 2 heteroatoms. The number of likely N-dealkylation sites (tertiary alicyclic amines) is 1. The largest absolute Gasteiger partial charge is 0.330 e. The first-order valence-corrected chi connectivity index (χ1v) is 4.21. The van der Waals surface area contributed by atoms with E-state index >= 15 is 0 Å². The van der Waals surface area contributed by atoms with Crippen molar-refractivity contribution in [2.24, 2.45) is 5.73 Å². The van der Waals surface area contributed by atoms with Crippen LogP contribution in [0.4, 0.5) is 0 Å². The Morgan fingerprint density at radius 3 is 2.60 bits per heavy atom. The minimum absolute atomic E-state index is 0.713. The Bertz CT molecular complexity index is 101. The van der Waals surface area contributed by atoms with Crippen LogP contribution in [0.25, 0.3) is 0 Å². The van der Waals surface area contributed by atoms with Crippen LogP contribution in [0, 0.1) is 0 Å². The standard InChI is InChI=1S/C8H18N2/c1-7(2)10-6-4-8(10)3-5-9/h7-8H,3-6,9H2,1-2H3. The van der Waals surface area contributed by atoms with Crippen LogP contribution in [0.15, 0.2) is 0 Å². The second-order valence-electron chi connectivity index (χ2n) is 3.35. The summed E-state index contributed by atoms with van der Waals surface area (Å²) in [7, 11) is 0. The fourth-order valence-electron chi connectivity index (χ4n) is 1.64. The first-order chi connectivity index (χ1) is 4.75. The van der Waals surface area contributed by atoms with Crippen molar-refractivity contribution in [2.75, 3.05) is 13.1 Å². The number of hydrogen-bond acceptors (Lipinski definition) is 2. The molecule has 0 aromatic heterocycles. The van der Waals surface area contributed by atoms with E-state index in [0.29, 0.717) is 6.04 Å². The average molecular weight is 142 g/mol. The molecule has 1 rings (SSSR count). The van der Waals surface area contributed by atoms with Gasteiger partial charge in [0.15, 0.2) is 0 Å². The quantitative estimate of drug-likeness (QED) is 0.632. The minimum Gasteiger partial charge on any atom is -0.330 e. The highest BCUT2D eigenvalue weighted by atomic mass is 15.2. The van der Waals surface area contributed by atoms with Gasteiger partial charge in [0.1, 0.15) is 0 Å². The summed E-state index contributed by atoms with van der Waals surface area (Å²) in [4.78, 5) is 2.52. The number of rotatable bonds is 3. The lowest BCUT2D eigenvalue weighted by atomic mass is 9.98. The molecule has 0 bridgehead atoms. The predicted octanol–water partition coefficient (Wildman–Crippen LogP) is 0.818. The Kier molecular flexibility index (Phi) is 2.69. The minimum atomic E-state index is 0.713. The van der Waals surface area contributed by atoms with Crippen LogP contribution in [0.5, 0.6) is 0 Å². The molecule has 10 heavy (non-hydrogen) atoms. The molecular weight excluding hydrogens is 124 g/mol. The molecule has 1 unspecified atom stereocenters. The van der Waals surface area contributed by atoms with Crippen LogP contribution in [0.3, 0.4) is 0 Å². The van der Waals surface area contributed by atoms with Crippen molar-refractivity contribution in [2.45, 2.75) is 38.8 Å². The van der Waals surface area contributed by atoms with E-state index in [2.05, 4.69) is 18.7 Å². The second kappa shape index (κ2) is 3.35. The lowest BCUT2D eigenvalue weighted by Crippen LogP contribution is -2.51. The molecule has 1 atom stereocenters. The molecule has 0 saturated carbocycles. The Labute approximate surface area is 63.4 Å². The van der Waals surface area contributed by atoms with Crippen LogP contribution < -0.4 is 5.73 Å². The first-order valence-electron chi connectivity index (χ1n) is 4.21. The maximum absolute atomic E-state index is 5.47. The van der Waals surface area contributed by atoms with Crippen molar-refractivity contribution in [1.82, 2.24) is 4.90 Å². The van der Waals surface area contributed by atoms with Crippen molar-refractivity contribution in [3.05, 3.63) is 0 Å².